The molecule has 8 nitrogen and oxygen atoms in total. The first kappa shape index (κ1) is 17.1. The van der Waals surface area contributed by atoms with Crippen molar-refractivity contribution in [3.8, 4) is 0 Å². The molecule has 0 spiro atoms. The molecule has 0 bridgehead atoms. The summed E-state index contributed by atoms with van der Waals surface area (Å²) in [7, 11) is -3.11. The molecule has 1 unspecified atom stereocenters. The van der Waals surface area contributed by atoms with E-state index in [0.717, 1.165) is 7.11 Å². The second-order valence-electron chi connectivity index (χ2n) is 4.53. The molecule has 0 aliphatic carbocycles. The normalized spacial score (nSPS) is 12.8. The van der Waals surface area contributed by atoms with Gasteiger partial charge in [0.1, 0.15) is 6.04 Å². The number of methoxy groups -OCH3 is 1. The molecule has 0 amide bonds. The Morgan fingerprint density at radius 3 is 2.33 bits per heavy atom. The average molecular weight is 316 g/mol. The zero-order valence-corrected chi connectivity index (χ0v) is 12.9. The molecular formula is C12H16N2O6S. The SMILES string of the molecule is COC(=O)C(C)NS(=O)(=O)c1cc(C)c(C)cc1[N+](=O)[O-]. The summed E-state index contributed by atoms with van der Waals surface area (Å²) in [6, 6.07) is 1.24. The molecule has 0 fully saturated rings. The van der Waals surface area contributed by atoms with Gasteiger partial charge in [-0.15, -0.1) is 0 Å². The van der Waals surface area contributed by atoms with Crippen LogP contribution in [0.25, 0.3) is 0 Å². The van der Waals surface area contributed by atoms with E-state index >= 15 is 0 Å². The Bertz CT molecular complexity index is 683. The number of esters is 1. The van der Waals surface area contributed by atoms with Gasteiger partial charge in [0.15, 0.2) is 4.90 Å². The molecule has 0 aromatic heterocycles. The molecule has 0 aliphatic rings. The number of benzene rings is 1. The average Bonchev–Trinajstić information content (AvgIpc) is 2.39. The van der Waals surface area contributed by atoms with Crippen molar-refractivity contribution in [2.75, 3.05) is 7.11 Å². The number of nitrogens with one attached hydrogen (secondary N) is 1. The second-order valence-corrected chi connectivity index (χ2v) is 6.21. The first-order valence-electron chi connectivity index (χ1n) is 5.96. The molecular weight excluding hydrogens is 300 g/mol. The maximum absolute atomic E-state index is 12.2. The molecule has 9 heteroatoms. The van der Waals surface area contributed by atoms with E-state index in [9.17, 15) is 23.3 Å². The van der Waals surface area contributed by atoms with Crippen LogP contribution in [0.1, 0.15) is 18.1 Å². The highest BCUT2D eigenvalue weighted by molar-refractivity contribution is 7.89. The van der Waals surface area contributed by atoms with E-state index in [1.165, 1.54) is 19.1 Å². The van der Waals surface area contributed by atoms with Crippen molar-refractivity contribution in [2.45, 2.75) is 31.7 Å². The highest BCUT2D eigenvalue weighted by Crippen LogP contribution is 2.27. The minimum atomic E-state index is -4.22. The third-order valence-electron chi connectivity index (χ3n) is 2.95. The Hall–Kier alpha value is -2.00. The molecule has 0 aliphatic heterocycles. The topological polar surface area (TPSA) is 116 Å². The number of hydrogen-bond donors (Lipinski definition) is 1. The minimum Gasteiger partial charge on any atom is -0.468 e. The lowest BCUT2D eigenvalue weighted by Gasteiger charge is -2.13. The fourth-order valence-corrected chi connectivity index (χ4v) is 3.08. The number of nitrogens with zero attached hydrogens (tertiary/aromatic N) is 1. The van der Waals surface area contributed by atoms with Crippen molar-refractivity contribution in [1.82, 2.24) is 4.72 Å². The first-order chi connectivity index (χ1) is 9.60. The van der Waals surface area contributed by atoms with Gasteiger partial charge in [0.2, 0.25) is 10.0 Å². The monoisotopic (exact) mass is 316 g/mol. The van der Waals surface area contributed by atoms with Crippen molar-refractivity contribution in [1.29, 1.82) is 0 Å². The summed E-state index contributed by atoms with van der Waals surface area (Å²) in [5, 5.41) is 11.0. The lowest BCUT2D eigenvalue weighted by atomic mass is 10.1. The number of carbonyl (C=O) groups excluding carboxylic acids is 1. The van der Waals surface area contributed by atoms with E-state index in [2.05, 4.69) is 9.46 Å². The number of ether oxygens (including phenoxy) is 1. The third-order valence-corrected chi connectivity index (χ3v) is 4.52. The number of nitro benzene ring substituents is 1. The first-order valence-corrected chi connectivity index (χ1v) is 7.44. The van der Waals surface area contributed by atoms with Crippen molar-refractivity contribution in [3.63, 3.8) is 0 Å². The minimum absolute atomic E-state index is 0.480. The van der Waals surface area contributed by atoms with E-state index < -0.39 is 37.5 Å². The van der Waals surface area contributed by atoms with Gasteiger partial charge in [-0.25, -0.2) is 8.42 Å². The largest absolute Gasteiger partial charge is 0.468 e. The van der Waals surface area contributed by atoms with Gasteiger partial charge in [-0.1, -0.05) is 0 Å². The zero-order chi connectivity index (χ0) is 16.4. The number of nitro groups is 1. The summed E-state index contributed by atoms with van der Waals surface area (Å²) in [5.41, 5.74) is 0.649. The molecule has 1 rings (SSSR count). The van der Waals surface area contributed by atoms with Crippen LogP contribution in [0.15, 0.2) is 17.0 Å². The Morgan fingerprint density at radius 2 is 1.86 bits per heavy atom. The van der Waals surface area contributed by atoms with Crippen molar-refractivity contribution >= 4 is 21.7 Å². The van der Waals surface area contributed by atoms with Crippen LogP contribution in [-0.2, 0) is 19.6 Å². The van der Waals surface area contributed by atoms with Gasteiger partial charge >= 0.3 is 5.97 Å². The molecule has 0 saturated carbocycles. The van der Waals surface area contributed by atoms with E-state index in [-0.39, 0.29) is 0 Å². The number of hydrogen-bond acceptors (Lipinski definition) is 6. The molecule has 1 N–H and O–H groups in total. The van der Waals surface area contributed by atoms with Crippen LogP contribution in [0.3, 0.4) is 0 Å². The highest BCUT2D eigenvalue weighted by Gasteiger charge is 2.30. The number of aryl methyl sites for hydroxylation is 2. The molecule has 1 aromatic rings. The number of carbonyl (C=O) groups is 1. The predicted octanol–water partition coefficient (Wildman–Crippen LogP) is 1.05. The Morgan fingerprint density at radius 1 is 1.33 bits per heavy atom. The summed E-state index contributed by atoms with van der Waals surface area (Å²) in [4.78, 5) is 21.1. The lowest BCUT2D eigenvalue weighted by molar-refractivity contribution is -0.387. The predicted molar refractivity (Wildman–Crippen MR) is 74.4 cm³/mol. The standard InChI is InChI=1S/C12H16N2O6S/c1-7-5-10(14(16)17)11(6-8(7)2)21(18,19)13-9(3)12(15)20-4/h5-6,9,13H,1-4H3. The quantitative estimate of drug-likeness (QED) is 0.493. The molecule has 21 heavy (non-hydrogen) atoms. The van der Waals surface area contributed by atoms with Crippen LogP contribution in [0.4, 0.5) is 5.69 Å². The van der Waals surface area contributed by atoms with Crippen LogP contribution in [-0.4, -0.2) is 32.5 Å². The molecule has 0 radical (unpaired) electrons. The zero-order valence-electron chi connectivity index (χ0n) is 12.0. The Labute approximate surface area is 122 Å². The van der Waals surface area contributed by atoms with Gasteiger partial charge in [-0.2, -0.15) is 4.72 Å². The van der Waals surface area contributed by atoms with Gasteiger partial charge in [-0.3, -0.25) is 14.9 Å². The van der Waals surface area contributed by atoms with Crippen LogP contribution >= 0.6 is 0 Å². The van der Waals surface area contributed by atoms with Crippen LogP contribution in [0, 0.1) is 24.0 Å². The summed E-state index contributed by atoms with van der Waals surface area (Å²) < 4.78 is 30.9. The van der Waals surface area contributed by atoms with Crippen LogP contribution < -0.4 is 4.72 Å². The maximum atomic E-state index is 12.2. The second kappa shape index (κ2) is 6.19. The summed E-state index contributed by atoms with van der Waals surface area (Å²) in [6.45, 7) is 4.57. The van der Waals surface area contributed by atoms with Crippen molar-refractivity contribution in [3.05, 3.63) is 33.4 Å². The number of sulfonamides is 1. The molecule has 1 aromatic carbocycles. The van der Waals surface area contributed by atoms with Crippen molar-refractivity contribution in [2.24, 2.45) is 0 Å². The molecule has 0 saturated heterocycles. The van der Waals surface area contributed by atoms with E-state index in [1.54, 1.807) is 13.8 Å². The molecule has 1 atom stereocenters. The third kappa shape index (κ3) is 3.76. The summed E-state index contributed by atoms with van der Waals surface area (Å²) >= 11 is 0. The van der Waals surface area contributed by atoms with Gasteiger partial charge in [0, 0.05) is 6.07 Å². The van der Waals surface area contributed by atoms with E-state index in [4.69, 9.17) is 0 Å². The highest BCUT2D eigenvalue weighted by atomic mass is 32.2. The van der Waals surface area contributed by atoms with Gasteiger partial charge < -0.3 is 4.74 Å². The Balaban J connectivity index is 3.34. The Kier molecular flexibility index (Phi) is 5.02. The van der Waals surface area contributed by atoms with Crippen molar-refractivity contribution < 1.29 is 22.9 Å². The molecule has 116 valence electrons. The van der Waals surface area contributed by atoms with Crippen LogP contribution in [0.5, 0.6) is 0 Å². The lowest BCUT2D eigenvalue weighted by Crippen LogP contribution is -2.39. The molecule has 0 heterocycles. The van der Waals surface area contributed by atoms with Gasteiger partial charge in [0.05, 0.1) is 12.0 Å². The van der Waals surface area contributed by atoms with Gasteiger partial charge in [0.25, 0.3) is 5.69 Å². The maximum Gasteiger partial charge on any atom is 0.323 e. The van der Waals surface area contributed by atoms with Crippen LogP contribution in [0.2, 0.25) is 0 Å². The smallest absolute Gasteiger partial charge is 0.323 e. The van der Waals surface area contributed by atoms with Gasteiger partial charge in [-0.05, 0) is 38.0 Å². The number of rotatable bonds is 5. The fourth-order valence-electron chi connectivity index (χ4n) is 1.65. The summed E-state index contributed by atoms with van der Waals surface area (Å²) in [5.74, 6) is -0.787. The van der Waals surface area contributed by atoms with E-state index in [1.807, 2.05) is 0 Å². The fraction of sp³-hybridized carbons (Fsp3) is 0.417. The summed E-state index contributed by atoms with van der Waals surface area (Å²) in [6.07, 6.45) is 0. The van der Waals surface area contributed by atoms with E-state index in [0.29, 0.717) is 11.1 Å².